The quantitative estimate of drug-likeness (QED) is 0.592. The van der Waals surface area contributed by atoms with Crippen molar-refractivity contribution in [3.63, 3.8) is 0 Å². The fraction of sp³-hybridized carbons (Fsp3) is 0.238. The van der Waals surface area contributed by atoms with E-state index in [9.17, 15) is 17.6 Å². The number of anilines is 2. The van der Waals surface area contributed by atoms with E-state index < -0.39 is 21.7 Å². The fourth-order valence-electron chi connectivity index (χ4n) is 3.06. The normalized spacial score (nSPS) is 11.3. The first-order valence-electron chi connectivity index (χ1n) is 9.44. The van der Waals surface area contributed by atoms with Crippen LogP contribution in [0.5, 0.6) is 0 Å². The zero-order valence-electron chi connectivity index (χ0n) is 16.9. The number of sulfonamides is 1. The lowest BCUT2D eigenvalue weighted by molar-refractivity contribution is 0.102. The molecule has 0 aliphatic rings. The molecule has 0 aliphatic heterocycles. The summed E-state index contributed by atoms with van der Waals surface area (Å²) in [5.74, 6) is -0.859. The Hall–Kier alpha value is -3.20. The highest BCUT2D eigenvalue weighted by atomic mass is 32.2. The van der Waals surface area contributed by atoms with E-state index in [2.05, 4.69) is 15.1 Å². The van der Waals surface area contributed by atoms with E-state index in [1.54, 1.807) is 57.2 Å². The van der Waals surface area contributed by atoms with Gasteiger partial charge in [0.25, 0.3) is 5.91 Å². The Bertz CT molecular complexity index is 1190. The van der Waals surface area contributed by atoms with Crippen molar-refractivity contribution in [3.8, 4) is 5.69 Å². The number of carbonyl (C=O) groups excluding carboxylic acids is 1. The van der Waals surface area contributed by atoms with Crippen molar-refractivity contribution in [2.24, 2.45) is 0 Å². The Labute approximate surface area is 175 Å². The van der Waals surface area contributed by atoms with Crippen LogP contribution >= 0.6 is 0 Å². The molecular formula is C21H23FN4O3S. The molecule has 1 amide bonds. The number of hydrogen-bond donors (Lipinski definition) is 2. The molecule has 1 aromatic heterocycles. The summed E-state index contributed by atoms with van der Waals surface area (Å²) in [4.78, 5) is 12.8. The Morgan fingerprint density at radius 2 is 1.80 bits per heavy atom. The third-order valence-electron chi connectivity index (χ3n) is 4.66. The van der Waals surface area contributed by atoms with Gasteiger partial charge in [0.05, 0.1) is 28.9 Å². The van der Waals surface area contributed by atoms with Crippen LogP contribution in [0.25, 0.3) is 5.69 Å². The SMILES string of the molecule is CCCS(=O)(=O)Nc1cccc(NC(=O)c2cnn(-c3ccccc3F)c2C)c1C. The van der Waals surface area contributed by atoms with Gasteiger partial charge in [0, 0.05) is 5.69 Å². The molecule has 0 atom stereocenters. The van der Waals surface area contributed by atoms with Gasteiger partial charge in [-0.25, -0.2) is 17.5 Å². The zero-order chi connectivity index (χ0) is 21.9. The van der Waals surface area contributed by atoms with Crippen molar-refractivity contribution in [1.29, 1.82) is 0 Å². The van der Waals surface area contributed by atoms with Crippen LogP contribution in [0.15, 0.2) is 48.7 Å². The summed E-state index contributed by atoms with van der Waals surface area (Å²) in [6.07, 6.45) is 1.87. The summed E-state index contributed by atoms with van der Waals surface area (Å²) in [7, 11) is -3.45. The molecule has 9 heteroatoms. The minimum absolute atomic E-state index is 0.0114. The van der Waals surface area contributed by atoms with Crippen molar-refractivity contribution in [2.75, 3.05) is 15.8 Å². The van der Waals surface area contributed by atoms with Crippen LogP contribution in [0, 0.1) is 19.7 Å². The predicted molar refractivity (Wildman–Crippen MR) is 115 cm³/mol. The first-order chi connectivity index (χ1) is 14.2. The van der Waals surface area contributed by atoms with E-state index in [-0.39, 0.29) is 17.0 Å². The molecular weight excluding hydrogens is 407 g/mol. The molecule has 0 saturated heterocycles. The lowest BCUT2D eigenvalue weighted by atomic mass is 10.1. The summed E-state index contributed by atoms with van der Waals surface area (Å²) < 4.78 is 42.2. The van der Waals surface area contributed by atoms with E-state index in [0.29, 0.717) is 29.1 Å². The molecule has 0 fully saturated rings. The Morgan fingerprint density at radius 3 is 2.50 bits per heavy atom. The molecule has 1 heterocycles. The topological polar surface area (TPSA) is 93.1 Å². The number of benzene rings is 2. The monoisotopic (exact) mass is 430 g/mol. The molecule has 7 nitrogen and oxygen atoms in total. The summed E-state index contributed by atoms with van der Waals surface area (Å²) in [6, 6.07) is 11.1. The molecule has 3 aromatic rings. The first-order valence-corrected chi connectivity index (χ1v) is 11.1. The van der Waals surface area contributed by atoms with Crippen LogP contribution in [-0.4, -0.2) is 29.9 Å². The van der Waals surface area contributed by atoms with Gasteiger partial charge in [-0.15, -0.1) is 0 Å². The lowest BCUT2D eigenvalue weighted by Crippen LogP contribution is -2.18. The van der Waals surface area contributed by atoms with E-state index in [4.69, 9.17) is 0 Å². The number of nitrogens with one attached hydrogen (secondary N) is 2. The second-order valence-electron chi connectivity index (χ2n) is 6.86. The number of rotatable bonds is 7. The fourth-order valence-corrected chi connectivity index (χ4v) is 4.25. The molecule has 2 aromatic carbocycles. The first kappa shape index (κ1) is 21.5. The van der Waals surface area contributed by atoms with Gasteiger partial charge in [-0.05, 0) is 50.1 Å². The van der Waals surface area contributed by atoms with Crippen LogP contribution in [-0.2, 0) is 10.0 Å². The summed E-state index contributed by atoms with van der Waals surface area (Å²) in [5.41, 5.74) is 2.47. The Morgan fingerprint density at radius 1 is 1.10 bits per heavy atom. The van der Waals surface area contributed by atoms with E-state index in [1.807, 2.05) is 0 Å². The summed E-state index contributed by atoms with van der Waals surface area (Å²) in [5, 5.41) is 6.93. The van der Waals surface area contributed by atoms with Gasteiger partial charge in [-0.1, -0.05) is 25.1 Å². The number of nitrogens with zero attached hydrogens (tertiary/aromatic N) is 2. The molecule has 3 rings (SSSR count). The molecule has 0 unspecified atom stereocenters. The van der Waals surface area contributed by atoms with Gasteiger partial charge >= 0.3 is 0 Å². The van der Waals surface area contributed by atoms with Crippen molar-refractivity contribution in [2.45, 2.75) is 27.2 Å². The van der Waals surface area contributed by atoms with Crippen LogP contribution in [0.3, 0.4) is 0 Å². The maximum atomic E-state index is 14.1. The second-order valence-corrected chi connectivity index (χ2v) is 8.70. The number of amides is 1. The molecule has 0 spiro atoms. The molecule has 0 aliphatic carbocycles. The van der Waals surface area contributed by atoms with Gasteiger partial charge in [0.15, 0.2) is 0 Å². The summed E-state index contributed by atoms with van der Waals surface area (Å²) in [6.45, 7) is 5.18. The van der Waals surface area contributed by atoms with Crippen LogP contribution in [0.2, 0.25) is 0 Å². The van der Waals surface area contributed by atoms with Crippen LogP contribution in [0.4, 0.5) is 15.8 Å². The highest BCUT2D eigenvalue weighted by Crippen LogP contribution is 2.25. The highest BCUT2D eigenvalue weighted by Gasteiger charge is 2.18. The molecule has 0 radical (unpaired) electrons. The van der Waals surface area contributed by atoms with Crippen molar-refractivity contribution in [3.05, 3.63) is 71.3 Å². The minimum Gasteiger partial charge on any atom is -0.322 e. The molecule has 0 bridgehead atoms. The smallest absolute Gasteiger partial charge is 0.259 e. The number of halogens is 1. The van der Waals surface area contributed by atoms with Crippen molar-refractivity contribution in [1.82, 2.24) is 9.78 Å². The number of hydrogen-bond acceptors (Lipinski definition) is 4. The largest absolute Gasteiger partial charge is 0.322 e. The average molecular weight is 431 g/mol. The second kappa shape index (κ2) is 8.66. The summed E-state index contributed by atoms with van der Waals surface area (Å²) >= 11 is 0. The van der Waals surface area contributed by atoms with Gasteiger partial charge in [0.2, 0.25) is 10.0 Å². The molecule has 0 saturated carbocycles. The molecule has 30 heavy (non-hydrogen) atoms. The van der Waals surface area contributed by atoms with E-state index >= 15 is 0 Å². The van der Waals surface area contributed by atoms with Crippen molar-refractivity contribution < 1.29 is 17.6 Å². The van der Waals surface area contributed by atoms with Gasteiger partial charge in [-0.3, -0.25) is 9.52 Å². The minimum atomic E-state index is -3.45. The third kappa shape index (κ3) is 4.51. The number of aromatic nitrogens is 2. The van der Waals surface area contributed by atoms with Gasteiger partial charge in [-0.2, -0.15) is 5.10 Å². The Balaban J connectivity index is 1.86. The maximum absolute atomic E-state index is 14.1. The maximum Gasteiger partial charge on any atom is 0.259 e. The van der Waals surface area contributed by atoms with Gasteiger partial charge < -0.3 is 5.32 Å². The van der Waals surface area contributed by atoms with Crippen molar-refractivity contribution >= 4 is 27.3 Å². The molecule has 158 valence electrons. The number of para-hydroxylation sites is 1. The predicted octanol–water partition coefficient (Wildman–Crippen LogP) is 4.03. The highest BCUT2D eigenvalue weighted by molar-refractivity contribution is 7.92. The van der Waals surface area contributed by atoms with Gasteiger partial charge in [0.1, 0.15) is 11.5 Å². The van der Waals surface area contributed by atoms with E-state index in [1.165, 1.54) is 16.9 Å². The third-order valence-corrected chi connectivity index (χ3v) is 6.13. The molecule has 2 N–H and O–H groups in total. The van der Waals surface area contributed by atoms with E-state index in [0.717, 1.165) is 0 Å². The lowest BCUT2D eigenvalue weighted by Gasteiger charge is -2.14. The average Bonchev–Trinajstić information content (AvgIpc) is 3.06. The standard InChI is InChI=1S/C21H23FN4O3S/c1-4-12-30(28,29)25-19-10-7-9-18(14(19)2)24-21(27)16-13-23-26(15(16)3)20-11-6-5-8-17(20)22/h5-11,13,25H,4,12H2,1-3H3,(H,24,27). The van der Waals surface area contributed by atoms with Crippen LogP contribution in [0.1, 0.15) is 35.0 Å². The Kier molecular flexibility index (Phi) is 6.21. The van der Waals surface area contributed by atoms with Crippen LogP contribution < -0.4 is 10.0 Å². The zero-order valence-corrected chi connectivity index (χ0v) is 17.8. The number of carbonyl (C=O) groups is 1.